The van der Waals surface area contributed by atoms with Crippen molar-refractivity contribution >= 4 is 23.4 Å². The molecule has 3 aromatic rings. The molecule has 0 spiro atoms. The predicted molar refractivity (Wildman–Crippen MR) is 115 cm³/mol. The highest BCUT2D eigenvalue weighted by molar-refractivity contribution is 7.99. The zero-order valence-electron chi connectivity index (χ0n) is 16.1. The summed E-state index contributed by atoms with van der Waals surface area (Å²) in [5.74, 6) is 0.354. The molecule has 0 saturated carbocycles. The number of benzene rings is 2. The van der Waals surface area contributed by atoms with E-state index in [9.17, 15) is 4.79 Å². The van der Waals surface area contributed by atoms with Crippen LogP contribution in [0.2, 0.25) is 0 Å². The van der Waals surface area contributed by atoms with Crippen molar-refractivity contribution in [3.8, 4) is 5.69 Å². The van der Waals surface area contributed by atoms with Crippen LogP contribution in [0.1, 0.15) is 36.7 Å². The second-order valence-corrected chi connectivity index (χ2v) is 7.96. The Balaban J connectivity index is 1.53. The average Bonchev–Trinajstić information content (AvgIpc) is 3.12. The van der Waals surface area contributed by atoms with Crippen LogP contribution in [0.5, 0.6) is 0 Å². The standard InChI is InChI=1S/C23H25N3OS/c1-2-17-10-6-7-13-19(17)24-22(27)16-28-23-25-20-14-8-9-15-21(20)26(23)18-11-4-3-5-12-18/h3-7,10-13H,2,8-9,14-16H2,1H3,(H,24,27). The van der Waals surface area contributed by atoms with Gasteiger partial charge >= 0.3 is 0 Å². The van der Waals surface area contributed by atoms with Gasteiger partial charge in [-0.05, 0) is 55.9 Å². The summed E-state index contributed by atoms with van der Waals surface area (Å²) < 4.78 is 2.24. The second kappa shape index (κ2) is 8.65. The van der Waals surface area contributed by atoms with Crippen molar-refractivity contribution in [2.75, 3.05) is 11.1 Å². The molecule has 1 aliphatic carbocycles. The molecule has 0 unspecified atom stereocenters. The number of hydrogen-bond acceptors (Lipinski definition) is 3. The molecule has 0 saturated heterocycles. The van der Waals surface area contributed by atoms with Gasteiger partial charge in [-0.2, -0.15) is 0 Å². The van der Waals surface area contributed by atoms with E-state index in [0.29, 0.717) is 5.75 Å². The van der Waals surface area contributed by atoms with Crippen LogP contribution in [-0.4, -0.2) is 21.2 Å². The van der Waals surface area contributed by atoms with Crippen LogP contribution >= 0.6 is 11.8 Å². The maximum Gasteiger partial charge on any atom is 0.234 e. The number of fused-ring (bicyclic) bond motifs is 1. The molecular formula is C23H25N3OS. The Kier molecular flexibility index (Phi) is 5.81. The number of aryl methyl sites for hydroxylation is 2. The first-order valence-corrected chi connectivity index (χ1v) is 10.9. The van der Waals surface area contributed by atoms with Gasteiger partial charge < -0.3 is 5.32 Å². The smallest absolute Gasteiger partial charge is 0.234 e. The topological polar surface area (TPSA) is 46.9 Å². The number of imidazole rings is 1. The fourth-order valence-corrected chi connectivity index (χ4v) is 4.57. The first-order chi connectivity index (χ1) is 13.8. The third-order valence-electron chi connectivity index (χ3n) is 5.12. The number of aromatic nitrogens is 2. The Morgan fingerprint density at radius 3 is 2.64 bits per heavy atom. The number of nitrogens with one attached hydrogen (secondary N) is 1. The van der Waals surface area contributed by atoms with E-state index >= 15 is 0 Å². The molecule has 0 radical (unpaired) electrons. The van der Waals surface area contributed by atoms with Crippen molar-refractivity contribution in [3.05, 3.63) is 71.5 Å². The number of para-hydroxylation sites is 2. The van der Waals surface area contributed by atoms with Crippen LogP contribution in [0.4, 0.5) is 5.69 Å². The third kappa shape index (κ3) is 3.99. The predicted octanol–water partition coefficient (Wildman–Crippen LogP) is 5.04. The van der Waals surface area contributed by atoms with Gasteiger partial charge in [0.15, 0.2) is 5.16 Å². The summed E-state index contributed by atoms with van der Waals surface area (Å²) in [4.78, 5) is 17.5. The number of rotatable bonds is 6. The van der Waals surface area contributed by atoms with Gasteiger partial charge in [-0.3, -0.25) is 9.36 Å². The highest BCUT2D eigenvalue weighted by Gasteiger charge is 2.21. The fourth-order valence-electron chi connectivity index (χ4n) is 3.72. The zero-order chi connectivity index (χ0) is 19.3. The Morgan fingerprint density at radius 2 is 1.82 bits per heavy atom. The lowest BCUT2D eigenvalue weighted by Crippen LogP contribution is -2.15. The van der Waals surface area contributed by atoms with Crippen molar-refractivity contribution in [2.45, 2.75) is 44.2 Å². The quantitative estimate of drug-likeness (QED) is 0.599. The number of thioether (sulfide) groups is 1. The van der Waals surface area contributed by atoms with Crippen LogP contribution in [0.15, 0.2) is 59.8 Å². The van der Waals surface area contributed by atoms with Gasteiger partial charge in [0.2, 0.25) is 5.91 Å². The summed E-state index contributed by atoms with van der Waals surface area (Å²) in [7, 11) is 0. The Bertz CT molecular complexity index is 965. The lowest BCUT2D eigenvalue weighted by molar-refractivity contribution is -0.113. The van der Waals surface area contributed by atoms with Crippen molar-refractivity contribution in [1.82, 2.24) is 9.55 Å². The van der Waals surface area contributed by atoms with E-state index in [0.717, 1.165) is 41.4 Å². The lowest BCUT2D eigenvalue weighted by Gasteiger charge is -2.15. The number of carbonyl (C=O) groups is 1. The van der Waals surface area contributed by atoms with E-state index < -0.39 is 0 Å². The molecule has 0 aliphatic heterocycles. The van der Waals surface area contributed by atoms with Crippen LogP contribution in [0, 0.1) is 0 Å². The minimum absolute atomic E-state index is 0.00600. The summed E-state index contributed by atoms with van der Waals surface area (Å²) in [5.41, 5.74) is 5.67. The number of amides is 1. The maximum absolute atomic E-state index is 12.6. The molecule has 4 rings (SSSR count). The summed E-state index contributed by atoms with van der Waals surface area (Å²) in [6.07, 6.45) is 5.36. The molecule has 144 valence electrons. The Hall–Kier alpha value is -2.53. The molecule has 2 aromatic carbocycles. The number of hydrogen-bond donors (Lipinski definition) is 1. The minimum Gasteiger partial charge on any atom is -0.325 e. The number of carbonyl (C=O) groups excluding carboxylic acids is 1. The molecule has 4 nitrogen and oxygen atoms in total. The monoisotopic (exact) mass is 391 g/mol. The third-order valence-corrected chi connectivity index (χ3v) is 6.06. The molecule has 1 heterocycles. The van der Waals surface area contributed by atoms with Crippen molar-refractivity contribution in [2.24, 2.45) is 0 Å². The van der Waals surface area contributed by atoms with Crippen LogP contribution in [0.25, 0.3) is 5.69 Å². The highest BCUT2D eigenvalue weighted by Crippen LogP contribution is 2.30. The van der Waals surface area contributed by atoms with Crippen molar-refractivity contribution < 1.29 is 4.79 Å². The van der Waals surface area contributed by atoms with Gasteiger partial charge in [0.25, 0.3) is 0 Å². The largest absolute Gasteiger partial charge is 0.325 e. The van der Waals surface area contributed by atoms with Crippen molar-refractivity contribution in [3.63, 3.8) is 0 Å². The lowest BCUT2D eigenvalue weighted by atomic mass is 10.0. The molecule has 1 aliphatic rings. The molecular weight excluding hydrogens is 366 g/mol. The molecule has 5 heteroatoms. The summed E-state index contributed by atoms with van der Waals surface area (Å²) >= 11 is 1.52. The summed E-state index contributed by atoms with van der Waals surface area (Å²) in [5, 5.41) is 3.97. The molecule has 1 N–H and O–H groups in total. The van der Waals surface area contributed by atoms with Gasteiger partial charge in [-0.15, -0.1) is 0 Å². The number of nitrogens with zero attached hydrogens (tertiary/aromatic N) is 2. The molecule has 0 bridgehead atoms. The molecule has 1 amide bonds. The van der Waals surface area contributed by atoms with Gasteiger partial charge in [0.05, 0.1) is 11.4 Å². The van der Waals surface area contributed by atoms with Crippen LogP contribution in [0.3, 0.4) is 0 Å². The van der Waals surface area contributed by atoms with E-state index in [4.69, 9.17) is 4.98 Å². The Morgan fingerprint density at radius 1 is 1.07 bits per heavy atom. The van der Waals surface area contributed by atoms with Crippen LogP contribution in [-0.2, 0) is 24.1 Å². The first kappa shape index (κ1) is 18.8. The van der Waals surface area contributed by atoms with Gasteiger partial charge in [-0.25, -0.2) is 4.98 Å². The molecule has 1 aromatic heterocycles. The SMILES string of the molecule is CCc1ccccc1NC(=O)CSc1nc2c(n1-c1ccccc1)CCCC2. The highest BCUT2D eigenvalue weighted by atomic mass is 32.2. The van der Waals surface area contributed by atoms with E-state index in [-0.39, 0.29) is 5.91 Å². The second-order valence-electron chi connectivity index (χ2n) is 7.01. The van der Waals surface area contributed by atoms with Gasteiger partial charge in [0.1, 0.15) is 0 Å². The van der Waals surface area contributed by atoms with Crippen LogP contribution < -0.4 is 5.32 Å². The Labute approximate surface area is 170 Å². The summed E-state index contributed by atoms with van der Waals surface area (Å²) in [6.45, 7) is 2.10. The van der Waals surface area contributed by atoms with Gasteiger partial charge in [0, 0.05) is 17.1 Å². The van der Waals surface area contributed by atoms with E-state index in [1.165, 1.54) is 36.0 Å². The van der Waals surface area contributed by atoms with Crippen molar-refractivity contribution in [1.29, 1.82) is 0 Å². The van der Waals surface area contributed by atoms with E-state index in [2.05, 4.69) is 35.0 Å². The fraction of sp³-hybridized carbons (Fsp3) is 0.304. The average molecular weight is 392 g/mol. The zero-order valence-corrected chi connectivity index (χ0v) is 17.0. The number of anilines is 1. The normalized spacial score (nSPS) is 13.2. The molecule has 28 heavy (non-hydrogen) atoms. The van der Waals surface area contributed by atoms with E-state index in [1.807, 2.05) is 36.4 Å². The van der Waals surface area contributed by atoms with Gasteiger partial charge in [-0.1, -0.05) is 55.1 Å². The molecule has 0 fully saturated rings. The first-order valence-electron chi connectivity index (χ1n) is 9.92. The molecule has 0 atom stereocenters. The van der Waals surface area contributed by atoms with E-state index in [1.54, 1.807) is 0 Å². The summed E-state index contributed by atoms with van der Waals surface area (Å²) in [6, 6.07) is 18.3. The minimum atomic E-state index is 0.00600. The maximum atomic E-state index is 12.6.